The van der Waals surface area contributed by atoms with Gasteiger partial charge in [-0.2, -0.15) is 0 Å². The number of amides is 1. The van der Waals surface area contributed by atoms with Gasteiger partial charge in [-0.15, -0.1) is 11.3 Å². The van der Waals surface area contributed by atoms with Gasteiger partial charge in [-0.25, -0.2) is 9.78 Å². The monoisotopic (exact) mass is 411 g/mol. The normalized spacial score (nSPS) is 12.1. The maximum atomic E-state index is 12.4. The molecule has 0 spiro atoms. The number of para-hydroxylation sites is 1. The zero-order valence-corrected chi connectivity index (χ0v) is 17.7. The molecule has 1 atom stereocenters. The number of thiazole rings is 1. The molecule has 0 bridgehead atoms. The fourth-order valence-electron chi connectivity index (χ4n) is 2.79. The maximum Gasteiger partial charge on any atom is 0.338 e. The van der Waals surface area contributed by atoms with Crippen LogP contribution >= 0.6 is 11.3 Å². The largest absolute Gasteiger partial charge is 0.462 e. The lowest BCUT2D eigenvalue weighted by atomic mass is 10.2. The van der Waals surface area contributed by atoms with Gasteiger partial charge in [0.1, 0.15) is 5.01 Å². The van der Waals surface area contributed by atoms with Crippen molar-refractivity contribution in [1.82, 2.24) is 9.88 Å². The number of aromatic nitrogens is 1. The van der Waals surface area contributed by atoms with Crippen molar-refractivity contribution in [2.45, 2.75) is 26.3 Å². The maximum absolute atomic E-state index is 12.4. The summed E-state index contributed by atoms with van der Waals surface area (Å²) >= 11 is 1.65. The average Bonchev–Trinajstić information content (AvgIpc) is 3.16. The lowest BCUT2D eigenvalue weighted by Crippen LogP contribution is -2.32. The number of fused-ring (bicyclic) bond motifs is 1. The fourth-order valence-corrected chi connectivity index (χ4v) is 3.87. The second kappa shape index (κ2) is 9.62. The molecule has 7 heteroatoms. The van der Waals surface area contributed by atoms with Gasteiger partial charge >= 0.3 is 5.97 Å². The van der Waals surface area contributed by atoms with E-state index < -0.39 is 0 Å². The van der Waals surface area contributed by atoms with Crippen LogP contribution < -0.4 is 5.32 Å². The summed E-state index contributed by atoms with van der Waals surface area (Å²) in [6, 6.07) is 14.8. The zero-order valence-electron chi connectivity index (χ0n) is 16.8. The molecule has 0 saturated heterocycles. The van der Waals surface area contributed by atoms with E-state index in [9.17, 15) is 9.59 Å². The van der Waals surface area contributed by atoms with Gasteiger partial charge in [0, 0.05) is 5.69 Å². The van der Waals surface area contributed by atoms with Gasteiger partial charge in [-0.05, 0) is 56.8 Å². The van der Waals surface area contributed by atoms with E-state index in [4.69, 9.17) is 4.74 Å². The molecular weight excluding hydrogens is 386 g/mol. The molecule has 1 aromatic heterocycles. The predicted molar refractivity (Wildman–Crippen MR) is 116 cm³/mol. The van der Waals surface area contributed by atoms with Crippen molar-refractivity contribution < 1.29 is 14.3 Å². The quantitative estimate of drug-likeness (QED) is 0.553. The highest BCUT2D eigenvalue weighted by Crippen LogP contribution is 2.28. The lowest BCUT2D eigenvalue weighted by Gasteiger charge is -2.22. The van der Waals surface area contributed by atoms with Gasteiger partial charge in [0.2, 0.25) is 5.91 Å². The van der Waals surface area contributed by atoms with Gasteiger partial charge in [-0.3, -0.25) is 9.69 Å². The zero-order chi connectivity index (χ0) is 20.8. The van der Waals surface area contributed by atoms with Crippen molar-refractivity contribution in [2.75, 3.05) is 25.5 Å². The summed E-state index contributed by atoms with van der Waals surface area (Å²) < 4.78 is 6.25. The van der Waals surface area contributed by atoms with E-state index in [1.54, 1.807) is 35.6 Å². The molecule has 1 heterocycles. The van der Waals surface area contributed by atoms with Crippen LogP contribution in [0.3, 0.4) is 0 Å². The van der Waals surface area contributed by atoms with Crippen molar-refractivity contribution >= 4 is 39.1 Å². The second-order valence-corrected chi connectivity index (χ2v) is 7.93. The number of carbonyl (C=O) groups excluding carboxylic acids is 2. The number of nitrogens with one attached hydrogen (secondary N) is 1. The van der Waals surface area contributed by atoms with E-state index >= 15 is 0 Å². The van der Waals surface area contributed by atoms with Gasteiger partial charge < -0.3 is 10.1 Å². The lowest BCUT2D eigenvalue weighted by molar-refractivity contribution is -0.117. The molecule has 0 saturated carbocycles. The summed E-state index contributed by atoms with van der Waals surface area (Å²) in [4.78, 5) is 30.9. The molecule has 3 aromatic rings. The Morgan fingerprint density at radius 3 is 2.59 bits per heavy atom. The van der Waals surface area contributed by atoms with E-state index in [0.717, 1.165) is 21.6 Å². The number of likely N-dealkylation sites (N-methyl/N-ethyl adjacent to an activating group) is 1. The first-order valence-corrected chi connectivity index (χ1v) is 10.4. The van der Waals surface area contributed by atoms with E-state index in [-0.39, 0.29) is 24.5 Å². The highest BCUT2D eigenvalue weighted by atomic mass is 32.1. The molecule has 1 amide bonds. The number of rotatable bonds is 8. The summed E-state index contributed by atoms with van der Waals surface area (Å²) in [6.45, 7) is 4.62. The van der Waals surface area contributed by atoms with Crippen molar-refractivity contribution in [3.8, 4) is 0 Å². The third-order valence-corrected chi connectivity index (χ3v) is 5.77. The minimum atomic E-state index is -0.353. The van der Waals surface area contributed by atoms with Crippen molar-refractivity contribution in [1.29, 1.82) is 0 Å². The van der Waals surface area contributed by atoms with Gasteiger partial charge in [-0.1, -0.05) is 19.1 Å². The Bertz CT molecular complexity index is 951. The molecule has 1 N–H and O–H groups in total. The van der Waals surface area contributed by atoms with Crippen LogP contribution in [0.1, 0.15) is 41.7 Å². The number of ether oxygens (including phenoxy) is 1. The number of carbonyl (C=O) groups is 2. The summed E-state index contributed by atoms with van der Waals surface area (Å²) in [5, 5.41) is 3.85. The molecule has 0 radical (unpaired) electrons. The first kappa shape index (κ1) is 21.0. The Balaban J connectivity index is 1.56. The molecule has 0 fully saturated rings. The Kier molecular flexibility index (Phi) is 6.95. The van der Waals surface area contributed by atoms with Crippen LogP contribution in [-0.2, 0) is 9.53 Å². The summed E-state index contributed by atoms with van der Waals surface area (Å²) in [7, 11) is 1.91. The van der Waals surface area contributed by atoms with Crippen LogP contribution in [0.5, 0.6) is 0 Å². The number of nitrogens with zero attached hydrogens (tertiary/aromatic N) is 2. The summed E-state index contributed by atoms with van der Waals surface area (Å²) in [5.41, 5.74) is 2.09. The minimum Gasteiger partial charge on any atom is -0.462 e. The first-order chi connectivity index (χ1) is 14.0. The van der Waals surface area contributed by atoms with Crippen LogP contribution in [-0.4, -0.2) is 42.0 Å². The smallest absolute Gasteiger partial charge is 0.338 e. The van der Waals surface area contributed by atoms with Gasteiger partial charge in [0.15, 0.2) is 0 Å². The standard InChI is InChI=1S/C22H25N3O3S/c1-4-13-28-22(27)16-9-11-17(12-10-16)23-20(26)14-25(3)15(2)21-24-18-7-5-6-8-19(18)29-21/h5-12,15H,4,13-14H2,1-3H3,(H,23,26)/t15-/m0/s1. The molecule has 152 valence electrons. The summed E-state index contributed by atoms with van der Waals surface area (Å²) in [6.07, 6.45) is 0.781. The molecule has 0 aliphatic rings. The Hall–Kier alpha value is -2.77. The molecule has 0 aliphatic heterocycles. The number of hydrogen-bond acceptors (Lipinski definition) is 6. The molecule has 0 unspecified atom stereocenters. The Morgan fingerprint density at radius 1 is 1.17 bits per heavy atom. The van der Waals surface area contributed by atoms with Crippen molar-refractivity contribution in [3.63, 3.8) is 0 Å². The fraction of sp³-hybridized carbons (Fsp3) is 0.318. The van der Waals surface area contributed by atoms with E-state index in [1.807, 2.05) is 44.0 Å². The van der Waals surface area contributed by atoms with E-state index in [2.05, 4.69) is 16.4 Å². The molecule has 2 aromatic carbocycles. The highest BCUT2D eigenvalue weighted by molar-refractivity contribution is 7.18. The van der Waals surface area contributed by atoms with Crippen molar-refractivity contribution in [2.24, 2.45) is 0 Å². The Labute approximate surface area is 174 Å². The predicted octanol–water partition coefficient (Wildman–Crippen LogP) is 4.49. The third kappa shape index (κ3) is 5.40. The van der Waals surface area contributed by atoms with Gasteiger partial charge in [0.05, 0.1) is 35.0 Å². The molecule has 0 aliphatic carbocycles. The number of hydrogen-bond donors (Lipinski definition) is 1. The van der Waals surface area contributed by atoms with Crippen LogP contribution in [0.4, 0.5) is 5.69 Å². The number of anilines is 1. The number of benzene rings is 2. The minimum absolute atomic E-state index is 0.0221. The SMILES string of the molecule is CCCOC(=O)c1ccc(NC(=O)CN(C)[C@@H](C)c2nc3ccccc3s2)cc1. The first-order valence-electron chi connectivity index (χ1n) is 9.60. The number of esters is 1. The van der Waals surface area contributed by atoms with Crippen LogP contribution in [0.2, 0.25) is 0 Å². The van der Waals surface area contributed by atoms with E-state index in [0.29, 0.717) is 17.9 Å². The van der Waals surface area contributed by atoms with Crippen molar-refractivity contribution in [3.05, 3.63) is 59.1 Å². The second-order valence-electron chi connectivity index (χ2n) is 6.87. The highest BCUT2D eigenvalue weighted by Gasteiger charge is 2.18. The van der Waals surface area contributed by atoms with Gasteiger partial charge in [0.25, 0.3) is 0 Å². The Morgan fingerprint density at radius 2 is 1.90 bits per heavy atom. The van der Waals surface area contributed by atoms with E-state index in [1.165, 1.54) is 0 Å². The molecule has 6 nitrogen and oxygen atoms in total. The molecule has 29 heavy (non-hydrogen) atoms. The average molecular weight is 412 g/mol. The molecular formula is C22H25N3O3S. The summed E-state index contributed by atoms with van der Waals surface area (Å²) in [5.74, 6) is -0.476. The molecule has 3 rings (SSSR count). The third-order valence-electron chi connectivity index (χ3n) is 4.56. The van der Waals surface area contributed by atoms with Crippen LogP contribution in [0, 0.1) is 0 Å². The van der Waals surface area contributed by atoms with Crippen LogP contribution in [0.15, 0.2) is 48.5 Å². The van der Waals surface area contributed by atoms with Crippen LogP contribution in [0.25, 0.3) is 10.2 Å². The topological polar surface area (TPSA) is 71.5 Å².